The van der Waals surface area contributed by atoms with Crippen LogP contribution in [0.3, 0.4) is 0 Å². The van der Waals surface area contributed by atoms with Crippen LogP contribution in [0.5, 0.6) is 0 Å². The molecule has 1 aromatic rings. The van der Waals surface area contributed by atoms with E-state index in [2.05, 4.69) is 10.6 Å². The number of urea groups is 1. The average Bonchev–Trinajstić information content (AvgIpc) is 2.51. The summed E-state index contributed by atoms with van der Waals surface area (Å²) >= 11 is 0. The van der Waals surface area contributed by atoms with Gasteiger partial charge in [-0.1, -0.05) is 17.7 Å². The third-order valence-electron chi connectivity index (χ3n) is 3.99. The summed E-state index contributed by atoms with van der Waals surface area (Å²) in [5, 5.41) is 5.86. The van der Waals surface area contributed by atoms with Crippen LogP contribution in [-0.4, -0.2) is 42.8 Å². The SMILES string of the molecule is CCOC(=O)N1CCC(NC(=O)Nc2ccc(C)cc2C)CC1. The fraction of sp³-hybridized carbons (Fsp3) is 0.529. The predicted octanol–water partition coefficient (Wildman–Crippen LogP) is 3.05. The number of anilines is 1. The molecule has 6 nitrogen and oxygen atoms in total. The zero-order chi connectivity index (χ0) is 16.8. The van der Waals surface area contributed by atoms with Crippen molar-refractivity contribution in [1.29, 1.82) is 0 Å². The number of amides is 3. The molecule has 0 unspecified atom stereocenters. The van der Waals surface area contributed by atoms with Crippen LogP contribution in [0.1, 0.15) is 30.9 Å². The zero-order valence-electron chi connectivity index (χ0n) is 14.0. The number of carbonyl (C=O) groups is 2. The van der Waals surface area contributed by atoms with Crippen LogP contribution in [0.2, 0.25) is 0 Å². The van der Waals surface area contributed by atoms with Crippen molar-refractivity contribution in [3.63, 3.8) is 0 Å². The van der Waals surface area contributed by atoms with E-state index in [0.29, 0.717) is 19.7 Å². The van der Waals surface area contributed by atoms with Gasteiger partial charge in [0.2, 0.25) is 0 Å². The fourth-order valence-corrected chi connectivity index (χ4v) is 2.72. The molecule has 0 saturated carbocycles. The lowest BCUT2D eigenvalue weighted by atomic mass is 10.1. The van der Waals surface area contributed by atoms with E-state index in [-0.39, 0.29) is 18.2 Å². The molecule has 2 N–H and O–H groups in total. The first-order valence-electron chi connectivity index (χ1n) is 8.06. The number of piperidine rings is 1. The number of aryl methyl sites for hydroxylation is 2. The molecule has 0 spiro atoms. The topological polar surface area (TPSA) is 70.7 Å². The molecular weight excluding hydrogens is 294 g/mol. The van der Waals surface area contributed by atoms with Gasteiger partial charge in [0, 0.05) is 24.8 Å². The van der Waals surface area contributed by atoms with Gasteiger partial charge in [-0.2, -0.15) is 0 Å². The maximum atomic E-state index is 12.1. The van der Waals surface area contributed by atoms with Crippen LogP contribution in [-0.2, 0) is 4.74 Å². The number of rotatable bonds is 3. The largest absolute Gasteiger partial charge is 0.450 e. The van der Waals surface area contributed by atoms with Gasteiger partial charge in [0.1, 0.15) is 0 Å². The molecule has 1 aromatic carbocycles. The van der Waals surface area contributed by atoms with Gasteiger partial charge in [-0.3, -0.25) is 0 Å². The molecule has 0 aliphatic carbocycles. The molecule has 0 radical (unpaired) electrons. The molecule has 1 saturated heterocycles. The molecule has 1 heterocycles. The van der Waals surface area contributed by atoms with Gasteiger partial charge in [0.15, 0.2) is 0 Å². The molecule has 1 aliphatic heterocycles. The molecular formula is C17H25N3O3. The summed E-state index contributed by atoms with van der Waals surface area (Å²) in [5.74, 6) is 0. The van der Waals surface area contributed by atoms with Crippen LogP contribution in [0.15, 0.2) is 18.2 Å². The Balaban J connectivity index is 1.79. The minimum Gasteiger partial charge on any atom is -0.450 e. The number of hydrogen-bond acceptors (Lipinski definition) is 3. The normalized spacial score (nSPS) is 15.2. The van der Waals surface area contributed by atoms with E-state index in [9.17, 15) is 9.59 Å². The van der Waals surface area contributed by atoms with Crippen LogP contribution in [0.25, 0.3) is 0 Å². The highest BCUT2D eigenvalue weighted by Crippen LogP contribution is 2.16. The number of benzene rings is 1. The second-order valence-electron chi connectivity index (χ2n) is 5.88. The molecule has 0 aromatic heterocycles. The third-order valence-corrected chi connectivity index (χ3v) is 3.99. The van der Waals surface area contributed by atoms with Crippen molar-refractivity contribution >= 4 is 17.8 Å². The van der Waals surface area contributed by atoms with Crippen molar-refractivity contribution in [2.75, 3.05) is 25.0 Å². The molecule has 1 fully saturated rings. The number of likely N-dealkylation sites (tertiary alicyclic amines) is 1. The van der Waals surface area contributed by atoms with Crippen molar-refractivity contribution in [2.45, 2.75) is 39.7 Å². The maximum absolute atomic E-state index is 12.1. The van der Waals surface area contributed by atoms with E-state index in [1.807, 2.05) is 32.0 Å². The van der Waals surface area contributed by atoms with Crippen LogP contribution < -0.4 is 10.6 Å². The van der Waals surface area contributed by atoms with Gasteiger partial charge in [-0.25, -0.2) is 9.59 Å². The molecule has 3 amide bonds. The van der Waals surface area contributed by atoms with E-state index in [4.69, 9.17) is 4.74 Å². The first kappa shape index (κ1) is 17.1. The van der Waals surface area contributed by atoms with E-state index < -0.39 is 0 Å². The van der Waals surface area contributed by atoms with Gasteiger partial charge in [-0.15, -0.1) is 0 Å². The average molecular weight is 319 g/mol. The lowest BCUT2D eigenvalue weighted by Crippen LogP contribution is -2.47. The summed E-state index contributed by atoms with van der Waals surface area (Å²) in [5.41, 5.74) is 3.02. The van der Waals surface area contributed by atoms with Crippen molar-refractivity contribution in [3.05, 3.63) is 29.3 Å². The Kier molecular flexibility index (Phi) is 5.84. The summed E-state index contributed by atoms with van der Waals surface area (Å²) < 4.78 is 4.99. The minimum atomic E-state index is -0.273. The van der Waals surface area contributed by atoms with Gasteiger partial charge < -0.3 is 20.3 Å². The van der Waals surface area contributed by atoms with Crippen molar-refractivity contribution in [2.24, 2.45) is 0 Å². The summed E-state index contributed by atoms with van der Waals surface area (Å²) in [6, 6.07) is 5.79. The monoisotopic (exact) mass is 319 g/mol. The molecule has 0 atom stereocenters. The van der Waals surface area contributed by atoms with Gasteiger partial charge in [0.05, 0.1) is 6.61 Å². The van der Waals surface area contributed by atoms with Crippen LogP contribution in [0.4, 0.5) is 15.3 Å². The molecule has 6 heteroatoms. The predicted molar refractivity (Wildman–Crippen MR) is 89.7 cm³/mol. The summed E-state index contributed by atoms with van der Waals surface area (Å²) in [6.45, 7) is 7.38. The number of ether oxygens (including phenoxy) is 1. The number of nitrogens with zero attached hydrogens (tertiary/aromatic N) is 1. The molecule has 1 aliphatic rings. The Bertz CT molecular complexity index is 566. The van der Waals surface area contributed by atoms with Crippen LogP contribution >= 0.6 is 0 Å². The summed E-state index contributed by atoms with van der Waals surface area (Å²) in [7, 11) is 0. The van der Waals surface area contributed by atoms with Gasteiger partial charge >= 0.3 is 12.1 Å². The quantitative estimate of drug-likeness (QED) is 0.899. The van der Waals surface area contributed by atoms with E-state index in [0.717, 1.165) is 24.1 Å². The number of nitrogens with one attached hydrogen (secondary N) is 2. The summed E-state index contributed by atoms with van der Waals surface area (Å²) in [6.07, 6.45) is 1.20. The molecule has 2 rings (SSSR count). The highest BCUT2D eigenvalue weighted by Gasteiger charge is 2.24. The van der Waals surface area contributed by atoms with Crippen LogP contribution in [0, 0.1) is 13.8 Å². The smallest absolute Gasteiger partial charge is 0.409 e. The van der Waals surface area contributed by atoms with Crippen molar-refractivity contribution in [1.82, 2.24) is 10.2 Å². The van der Waals surface area contributed by atoms with Gasteiger partial charge in [-0.05, 0) is 45.2 Å². The fourth-order valence-electron chi connectivity index (χ4n) is 2.72. The Hall–Kier alpha value is -2.24. The highest BCUT2D eigenvalue weighted by molar-refractivity contribution is 5.90. The second kappa shape index (κ2) is 7.85. The number of carbonyl (C=O) groups excluding carboxylic acids is 2. The van der Waals surface area contributed by atoms with Gasteiger partial charge in [0.25, 0.3) is 0 Å². The molecule has 126 valence electrons. The molecule has 0 bridgehead atoms. The summed E-state index contributed by atoms with van der Waals surface area (Å²) in [4.78, 5) is 25.4. The van der Waals surface area contributed by atoms with Crippen molar-refractivity contribution < 1.29 is 14.3 Å². The first-order chi connectivity index (χ1) is 11.0. The second-order valence-corrected chi connectivity index (χ2v) is 5.88. The lowest BCUT2D eigenvalue weighted by molar-refractivity contribution is 0.0959. The Morgan fingerprint density at radius 1 is 1.26 bits per heavy atom. The Labute approximate surface area is 137 Å². The lowest BCUT2D eigenvalue weighted by Gasteiger charge is -2.31. The minimum absolute atomic E-state index is 0.0754. The van der Waals surface area contributed by atoms with Crippen molar-refractivity contribution in [3.8, 4) is 0 Å². The Morgan fingerprint density at radius 3 is 2.57 bits per heavy atom. The first-order valence-corrected chi connectivity index (χ1v) is 8.06. The Morgan fingerprint density at radius 2 is 1.96 bits per heavy atom. The standard InChI is InChI=1S/C17H25N3O3/c1-4-23-17(22)20-9-7-14(8-10-20)18-16(21)19-15-6-5-12(2)11-13(15)3/h5-6,11,14H,4,7-10H2,1-3H3,(H2,18,19,21). The van der Waals surface area contributed by atoms with E-state index >= 15 is 0 Å². The molecule has 23 heavy (non-hydrogen) atoms. The third kappa shape index (κ3) is 4.87. The van der Waals surface area contributed by atoms with E-state index in [1.165, 1.54) is 5.56 Å². The van der Waals surface area contributed by atoms with E-state index in [1.54, 1.807) is 11.8 Å². The zero-order valence-corrected chi connectivity index (χ0v) is 14.0. The number of hydrogen-bond donors (Lipinski definition) is 2. The maximum Gasteiger partial charge on any atom is 0.409 e. The highest BCUT2D eigenvalue weighted by atomic mass is 16.6.